The fourth-order valence-corrected chi connectivity index (χ4v) is 3.45. The number of unbranched alkanes of at least 4 members (excludes halogenated alkanes) is 2. The van der Waals surface area contributed by atoms with Crippen LogP contribution >= 0.6 is 0 Å². The average Bonchev–Trinajstić information content (AvgIpc) is 2.49. The number of aliphatic carboxylic acids is 1. The highest BCUT2D eigenvalue weighted by Gasteiger charge is 2.42. The van der Waals surface area contributed by atoms with E-state index in [9.17, 15) is 9.90 Å². The van der Waals surface area contributed by atoms with E-state index >= 15 is 0 Å². The van der Waals surface area contributed by atoms with E-state index in [0.29, 0.717) is 5.92 Å². The molecule has 2 rings (SSSR count). The molecule has 2 fully saturated rings. The van der Waals surface area contributed by atoms with Gasteiger partial charge in [-0.25, -0.2) is 0 Å². The first-order valence-corrected chi connectivity index (χ1v) is 8.52. The molecule has 1 heterocycles. The summed E-state index contributed by atoms with van der Waals surface area (Å²) in [5.41, 5.74) is -0.881. The quantitative estimate of drug-likeness (QED) is 0.757. The molecule has 1 N–H and O–H groups in total. The molecule has 122 valence electrons. The second kappa shape index (κ2) is 7.59. The first-order valence-electron chi connectivity index (χ1n) is 8.52. The van der Waals surface area contributed by atoms with Crippen LogP contribution in [0.2, 0.25) is 0 Å². The maximum Gasteiger partial charge on any atom is 0.314 e. The molecule has 1 aliphatic heterocycles. The van der Waals surface area contributed by atoms with Crippen LogP contribution in [0.15, 0.2) is 0 Å². The number of hydrogen-bond donors (Lipinski definition) is 1. The molecule has 1 saturated carbocycles. The highest BCUT2D eigenvalue weighted by molar-refractivity contribution is 5.74. The van der Waals surface area contributed by atoms with Crippen molar-refractivity contribution in [1.82, 2.24) is 0 Å². The summed E-state index contributed by atoms with van der Waals surface area (Å²) in [7, 11) is 0. The van der Waals surface area contributed by atoms with Crippen LogP contribution in [0.3, 0.4) is 0 Å². The van der Waals surface area contributed by atoms with Gasteiger partial charge in [0.2, 0.25) is 0 Å². The minimum atomic E-state index is -0.881. The van der Waals surface area contributed by atoms with Crippen LogP contribution in [0, 0.1) is 17.3 Å². The van der Waals surface area contributed by atoms with Crippen molar-refractivity contribution in [2.75, 3.05) is 13.2 Å². The van der Waals surface area contributed by atoms with Gasteiger partial charge in [-0.15, -0.1) is 0 Å². The molecular formula is C17H30O4. The van der Waals surface area contributed by atoms with E-state index in [1.165, 1.54) is 38.5 Å². The second-order valence-corrected chi connectivity index (χ2v) is 7.13. The summed E-state index contributed by atoms with van der Waals surface area (Å²) in [6.45, 7) is 4.47. The summed E-state index contributed by atoms with van der Waals surface area (Å²) in [5.74, 6) is 0.493. The Morgan fingerprint density at radius 1 is 1.14 bits per heavy atom. The van der Waals surface area contributed by atoms with E-state index in [0.717, 1.165) is 18.8 Å². The Morgan fingerprint density at radius 2 is 1.76 bits per heavy atom. The van der Waals surface area contributed by atoms with Gasteiger partial charge in [-0.1, -0.05) is 32.6 Å². The number of carboxylic acids is 1. The number of rotatable bonds is 6. The van der Waals surface area contributed by atoms with Crippen molar-refractivity contribution in [2.45, 2.75) is 71.5 Å². The van der Waals surface area contributed by atoms with Crippen LogP contribution in [0.5, 0.6) is 0 Å². The van der Waals surface area contributed by atoms with E-state index in [4.69, 9.17) is 9.47 Å². The van der Waals surface area contributed by atoms with E-state index in [1.807, 2.05) is 0 Å². The molecule has 0 spiro atoms. The second-order valence-electron chi connectivity index (χ2n) is 7.13. The molecule has 4 nitrogen and oxygen atoms in total. The van der Waals surface area contributed by atoms with Crippen LogP contribution in [-0.4, -0.2) is 30.6 Å². The topological polar surface area (TPSA) is 55.8 Å². The van der Waals surface area contributed by atoms with Crippen LogP contribution in [0.1, 0.15) is 65.2 Å². The number of carbonyl (C=O) groups is 1. The summed E-state index contributed by atoms with van der Waals surface area (Å²) in [4.78, 5) is 11.2. The van der Waals surface area contributed by atoms with Gasteiger partial charge in [0.1, 0.15) is 5.41 Å². The molecule has 2 aliphatic rings. The molecule has 0 unspecified atom stereocenters. The van der Waals surface area contributed by atoms with Crippen molar-refractivity contribution in [2.24, 2.45) is 17.3 Å². The first-order chi connectivity index (χ1) is 10.0. The van der Waals surface area contributed by atoms with Gasteiger partial charge in [0.25, 0.3) is 0 Å². The van der Waals surface area contributed by atoms with Gasteiger partial charge in [-0.2, -0.15) is 0 Å². The lowest BCUT2D eigenvalue weighted by molar-refractivity contribution is -0.251. The molecule has 0 aromatic heterocycles. The zero-order valence-electron chi connectivity index (χ0n) is 13.5. The Kier molecular flexibility index (Phi) is 6.06. The van der Waals surface area contributed by atoms with Crippen molar-refractivity contribution in [3.05, 3.63) is 0 Å². The molecule has 0 aromatic carbocycles. The van der Waals surface area contributed by atoms with Crippen molar-refractivity contribution in [3.8, 4) is 0 Å². The van der Waals surface area contributed by atoms with Gasteiger partial charge in [-0.3, -0.25) is 4.79 Å². The normalized spacial score (nSPS) is 37.3. The first kappa shape index (κ1) is 16.8. The Bertz CT molecular complexity index is 326. The summed E-state index contributed by atoms with van der Waals surface area (Å²) in [6, 6.07) is 0. The van der Waals surface area contributed by atoms with Gasteiger partial charge in [-0.05, 0) is 38.5 Å². The van der Waals surface area contributed by atoms with Crippen LogP contribution < -0.4 is 0 Å². The monoisotopic (exact) mass is 298 g/mol. The molecule has 0 amide bonds. The van der Waals surface area contributed by atoms with Crippen LogP contribution in [0.25, 0.3) is 0 Å². The van der Waals surface area contributed by atoms with Gasteiger partial charge < -0.3 is 14.6 Å². The highest BCUT2D eigenvalue weighted by Crippen LogP contribution is 2.37. The van der Waals surface area contributed by atoms with E-state index in [2.05, 4.69) is 6.92 Å². The SMILES string of the molecule is CCCCCC1CCC([C@H]2OC[C@](C)(C(=O)O)CO2)CC1. The minimum Gasteiger partial charge on any atom is -0.481 e. The van der Waals surface area contributed by atoms with E-state index < -0.39 is 11.4 Å². The molecule has 21 heavy (non-hydrogen) atoms. The number of ether oxygens (including phenoxy) is 2. The third-order valence-electron chi connectivity index (χ3n) is 5.14. The minimum absolute atomic E-state index is 0.186. The molecule has 4 heteroatoms. The zero-order chi connectivity index (χ0) is 15.3. The van der Waals surface area contributed by atoms with Crippen molar-refractivity contribution in [1.29, 1.82) is 0 Å². The molecular weight excluding hydrogens is 268 g/mol. The molecule has 0 bridgehead atoms. The summed E-state index contributed by atoms with van der Waals surface area (Å²) in [5, 5.41) is 9.17. The fourth-order valence-electron chi connectivity index (χ4n) is 3.45. The molecule has 1 aliphatic carbocycles. The molecule has 1 saturated heterocycles. The Morgan fingerprint density at radius 3 is 2.29 bits per heavy atom. The van der Waals surface area contributed by atoms with Crippen LogP contribution in [-0.2, 0) is 14.3 Å². The van der Waals surface area contributed by atoms with Gasteiger partial charge >= 0.3 is 5.97 Å². The molecule has 0 atom stereocenters. The van der Waals surface area contributed by atoms with Crippen molar-refractivity contribution < 1.29 is 19.4 Å². The predicted molar refractivity (Wildman–Crippen MR) is 81.0 cm³/mol. The summed E-state index contributed by atoms with van der Waals surface area (Å²) in [6.07, 6.45) is 10.0. The Labute approximate surface area is 128 Å². The Hall–Kier alpha value is -0.610. The standard InChI is InChI=1S/C17H30O4/c1-3-4-5-6-13-7-9-14(10-8-13)15-20-11-17(2,12-21-15)16(18)19/h13-15H,3-12H2,1-2H3,(H,18,19)/t13?,14?,15-,17-. The summed E-state index contributed by atoms with van der Waals surface area (Å²) < 4.78 is 11.5. The van der Waals surface area contributed by atoms with E-state index in [1.54, 1.807) is 6.92 Å². The molecule has 0 radical (unpaired) electrons. The fraction of sp³-hybridized carbons (Fsp3) is 0.941. The third-order valence-corrected chi connectivity index (χ3v) is 5.14. The maximum atomic E-state index is 11.2. The third kappa shape index (κ3) is 4.43. The predicted octanol–water partition coefficient (Wildman–Crippen LogP) is 3.84. The smallest absolute Gasteiger partial charge is 0.314 e. The Balaban J connectivity index is 1.70. The molecule has 0 aromatic rings. The van der Waals surface area contributed by atoms with E-state index in [-0.39, 0.29) is 19.5 Å². The zero-order valence-corrected chi connectivity index (χ0v) is 13.5. The largest absolute Gasteiger partial charge is 0.481 e. The lowest BCUT2D eigenvalue weighted by Gasteiger charge is -2.40. The maximum absolute atomic E-state index is 11.2. The van der Waals surface area contributed by atoms with Gasteiger partial charge in [0.05, 0.1) is 13.2 Å². The van der Waals surface area contributed by atoms with Gasteiger partial charge in [0, 0.05) is 5.92 Å². The number of carboxylic acid groups (broad SMARTS) is 1. The van der Waals surface area contributed by atoms with Crippen LogP contribution in [0.4, 0.5) is 0 Å². The van der Waals surface area contributed by atoms with Crippen molar-refractivity contribution >= 4 is 5.97 Å². The average molecular weight is 298 g/mol. The highest BCUT2D eigenvalue weighted by atomic mass is 16.7. The number of hydrogen-bond acceptors (Lipinski definition) is 3. The van der Waals surface area contributed by atoms with Crippen molar-refractivity contribution in [3.63, 3.8) is 0 Å². The lowest BCUT2D eigenvalue weighted by Crippen LogP contribution is -2.47. The van der Waals surface area contributed by atoms with Gasteiger partial charge in [0.15, 0.2) is 6.29 Å². The summed E-state index contributed by atoms with van der Waals surface area (Å²) >= 11 is 0. The lowest BCUT2D eigenvalue weighted by atomic mass is 9.79.